The zero-order chi connectivity index (χ0) is 15.4. The normalized spacial score (nSPS) is 10.2. The summed E-state index contributed by atoms with van der Waals surface area (Å²) in [6, 6.07) is 4.20. The van der Waals surface area contributed by atoms with Crippen LogP contribution in [0.25, 0.3) is 0 Å². The molecule has 1 aromatic carbocycles. The molecular weight excluding hydrogens is 274 g/mol. The van der Waals surface area contributed by atoms with E-state index in [9.17, 15) is 9.59 Å². The van der Waals surface area contributed by atoms with Gasteiger partial charge in [0.25, 0.3) is 0 Å². The van der Waals surface area contributed by atoms with Crippen LogP contribution in [-0.2, 0) is 6.54 Å². The minimum Gasteiger partial charge on any atom is -0.478 e. The Morgan fingerprint density at radius 3 is 2.76 bits per heavy atom. The first-order valence-corrected chi connectivity index (χ1v) is 6.17. The van der Waals surface area contributed by atoms with Crippen molar-refractivity contribution < 1.29 is 14.7 Å². The fourth-order valence-electron chi connectivity index (χ4n) is 1.75. The van der Waals surface area contributed by atoms with Crippen molar-refractivity contribution in [3.63, 3.8) is 0 Å². The van der Waals surface area contributed by atoms with Gasteiger partial charge in [0.1, 0.15) is 12.2 Å². The molecule has 2 aromatic rings. The number of aryl methyl sites for hydroxylation is 1. The lowest BCUT2D eigenvalue weighted by Crippen LogP contribution is -2.31. The van der Waals surface area contributed by atoms with Gasteiger partial charge >= 0.3 is 12.0 Å². The van der Waals surface area contributed by atoms with Crippen molar-refractivity contribution in [3.05, 3.63) is 41.5 Å². The summed E-state index contributed by atoms with van der Waals surface area (Å²) in [4.78, 5) is 28.3. The number of aromatic amines is 1. The first-order chi connectivity index (χ1) is 9.97. The Balaban J connectivity index is 2.03. The maximum absolute atomic E-state index is 12.0. The van der Waals surface area contributed by atoms with Crippen LogP contribution in [0.1, 0.15) is 21.7 Å². The van der Waals surface area contributed by atoms with Crippen molar-refractivity contribution in [1.29, 1.82) is 0 Å². The van der Waals surface area contributed by atoms with Gasteiger partial charge in [0.2, 0.25) is 0 Å². The second-order valence-electron chi connectivity index (χ2n) is 4.55. The van der Waals surface area contributed by atoms with E-state index in [1.54, 1.807) is 20.0 Å². The monoisotopic (exact) mass is 289 g/mol. The number of benzene rings is 1. The molecule has 1 heterocycles. The average molecular weight is 289 g/mol. The minimum absolute atomic E-state index is 0.181. The third kappa shape index (κ3) is 3.56. The van der Waals surface area contributed by atoms with Gasteiger partial charge in [-0.3, -0.25) is 5.10 Å². The van der Waals surface area contributed by atoms with E-state index >= 15 is 0 Å². The Kier molecular flexibility index (Phi) is 4.17. The zero-order valence-electron chi connectivity index (χ0n) is 11.6. The highest BCUT2D eigenvalue weighted by atomic mass is 16.4. The molecule has 2 amide bonds. The van der Waals surface area contributed by atoms with E-state index in [1.807, 2.05) is 0 Å². The number of carboxylic acid groups (broad SMARTS) is 1. The van der Waals surface area contributed by atoms with Crippen LogP contribution in [0.3, 0.4) is 0 Å². The number of aromatic carboxylic acids is 1. The van der Waals surface area contributed by atoms with Crippen molar-refractivity contribution in [2.75, 3.05) is 12.4 Å². The van der Waals surface area contributed by atoms with Gasteiger partial charge in [0, 0.05) is 12.7 Å². The highest BCUT2D eigenvalue weighted by Gasteiger charge is 2.13. The molecule has 0 saturated carbocycles. The molecule has 110 valence electrons. The molecule has 0 radical (unpaired) electrons. The predicted octanol–water partition coefficient (Wildman–Crippen LogP) is 1.48. The SMILES string of the molecule is Cc1cc(C(=O)O)ccc1NC(=O)N(C)Cc1ncn[nH]1. The fourth-order valence-corrected chi connectivity index (χ4v) is 1.75. The summed E-state index contributed by atoms with van der Waals surface area (Å²) in [7, 11) is 1.62. The molecular formula is C13H15N5O3. The molecule has 0 atom stereocenters. The molecule has 3 N–H and O–H groups in total. The van der Waals surface area contributed by atoms with E-state index in [4.69, 9.17) is 5.11 Å². The number of urea groups is 1. The topological polar surface area (TPSA) is 111 Å². The third-order valence-electron chi connectivity index (χ3n) is 2.91. The molecule has 8 nitrogen and oxygen atoms in total. The van der Waals surface area contributed by atoms with Gasteiger partial charge in [-0.1, -0.05) is 0 Å². The lowest BCUT2D eigenvalue weighted by atomic mass is 10.1. The Labute approximate surface area is 120 Å². The van der Waals surface area contributed by atoms with Crippen LogP contribution in [0.2, 0.25) is 0 Å². The highest BCUT2D eigenvalue weighted by molar-refractivity contribution is 5.92. The number of anilines is 1. The number of carbonyl (C=O) groups excluding carboxylic acids is 1. The number of rotatable bonds is 4. The molecule has 0 saturated heterocycles. The van der Waals surface area contributed by atoms with Crippen molar-refractivity contribution in [3.8, 4) is 0 Å². The number of amides is 2. The summed E-state index contributed by atoms with van der Waals surface area (Å²) in [5, 5.41) is 18.0. The van der Waals surface area contributed by atoms with Crippen LogP contribution >= 0.6 is 0 Å². The molecule has 8 heteroatoms. The van der Waals surface area contributed by atoms with Crippen LogP contribution in [0.4, 0.5) is 10.5 Å². The Bertz CT molecular complexity index is 654. The molecule has 0 aliphatic rings. The predicted molar refractivity (Wildman–Crippen MR) is 75.0 cm³/mol. The summed E-state index contributed by atoms with van der Waals surface area (Å²) in [6.45, 7) is 2.02. The first kappa shape index (κ1) is 14.5. The number of carboxylic acids is 1. The van der Waals surface area contributed by atoms with E-state index in [-0.39, 0.29) is 18.1 Å². The fraction of sp³-hybridized carbons (Fsp3) is 0.231. The van der Waals surface area contributed by atoms with Crippen molar-refractivity contribution in [1.82, 2.24) is 20.1 Å². The van der Waals surface area contributed by atoms with Gasteiger partial charge in [-0.25, -0.2) is 14.6 Å². The quantitative estimate of drug-likeness (QED) is 0.789. The van der Waals surface area contributed by atoms with Crippen LogP contribution in [0.5, 0.6) is 0 Å². The van der Waals surface area contributed by atoms with Crippen LogP contribution in [0.15, 0.2) is 24.5 Å². The molecule has 0 fully saturated rings. The van der Waals surface area contributed by atoms with Crippen LogP contribution < -0.4 is 5.32 Å². The van der Waals surface area contributed by atoms with Gasteiger partial charge < -0.3 is 15.3 Å². The molecule has 0 spiro atoms. The molecule has 0 aliphatic heterocycles. The van der Waals surface area contributed by atoms with Crippen molar-refractivity contribution >= 4 is 17.7 Å². The van der Waals surface area contributed by atoms with Gasteiger partial charge in [-0.2, -0.15) is 5.10 Å². The molecule has 0 bridgehead atoms. The van der Waals surface area contributed by atoms with E-state index in [2.05, 4.69) is 20.5 Å². The summed E-state index contributed by atoms with van der Waals surface area (Å²) >= 11 is 0. The maximum Gasteiger partial charge on any atom is 0.335 e. The second kappa shape index (κ2) is 6.04. The number of nitrogens with one attached hydrogen (secondary N) is 2. The van der Waals surface area contributed by atoms with Crippen LogP contribution in [0, 0.1) is 6.92 Å². The number of H-pyrrole nitrogens is 1. The number of aromatic nitrogens is 3. The molecule has 21 heavy (non-hydrogen) atoms. The van der Waals surface area contributed by atoms with Gasteiger partial charge in [-0.15, -0.1) is 0 Å². The molecule has 0 aliphatic carbocycles. The summed E-state index contributed by atoms with van der Waals surface area (Å²) in [6.07, 6.45) is 1.37. The van der Waals surface area contributed by atoms with Crippen LogP contribution in [-0.4, -0.2) is 44.2 Å². The Hall–Kier alpha value is -2.90. The van der Waals surface area contributed by atoms with E-state index in [1.165, 1.54) is 23.4 Å². The lowest BCUT2D eigenvalue weighted by Gasteiger charge is -2.17. The maximum atomic E-state index is 12.0. The zero-order valence-corrected chi connectivity index (χ0v) is 11.6. The van der Waals surface area contributed by atoms with Gasteiger partial charge in [0.15, 0.2) is 0 Å². The average Bonchev–Trinajstić information content (AvgIpc) is 2.93. The van der Waals surface area contributed by atoms with E-state index in [0.717, 1.165) is 0 Å². The number of carbonyl (C=O) groups is 2. The smallest absolute Gasteiger partial charge is 0.335 e. The largest absolute Gasteiger partial charge is 0.478 e. The lowest BCUT2D eigenvalue weighted by molar-refractivity contribution is 0.0697. The number of hydrogen-bond donors (Lipinski definition) is 3. The highest BCUT2D eigenvalue weighted by Crippen LogP contribution is 2.17. The second-order valence-corrected chi connectivity index (χ2v) is 4.55. The molecule has 1 aromatic heterocycles. The van der Waals surface area contributed by atoms with E-state index in [0.29, 0.717) is 17.1 Å². The first-order valence-electron chi connectivity index (χ1n) is 6.17. The van der Waals surface area contributed by atoms with Crippen molar-refractivity contribution in [2.45, 2.75) is 13.5 Å². The minimum atomic E-state index is -1.00. The van der Waals surface area contributed by atoms with Gasteiger partial charge in [-0.05, 0) is 30.7 Å². The third-order valence-corrected chi connectivity index (χ3v) is 2.91. The molecule has 2 rings (SSSR count). The summed E-state index contributed by atoms with van der Waals surface area (Å²) < 4.78 is 0. The van der Waals surface area contributed by atoms with E-state index < -0.39 is 5.97 Å². The Morgan fingerprint density at radius 1 is 1.43 bits per heavy atom. The summed E-state index contributed by atoms with van der Waals surface area (Å²) in [5.41, 5.74) is 1.42. The number of nitrogens with zero attached hydrogens (tertiary/aromatic N) is 3. The standard InChI is InChI=1S/C13H15N5O3/c1-8-5-9(12(19)20)3-4-10(8)16-13(21)18(2)6-11-14-7-15-17-11/h3-5,7H,6H2,1-2H3,(H,16,21)(H,19,20)(H,14,15,17). The Morgan fingerprint density at radius 2 is 2.19 bits per heavy atom. The summed E-state index contributed by atoms with van der Waals surface area (Å²) in [5.74, 6) is -0.427. The number of hydrogen-bond acceptors (Lipinski definition) is 4. The molecule has 0 unspecified atom stereocenters. The van der Waals surface area contributed by atoms with Crippen molar-refractivity contribution in [2.24, 2.45) is 0 Å². The van der Waals surface area contributed by atoms with Gasteiger partial charge in [0.05, 0.1) is 12.1 Å².